The van der Waals surface area contributed by atoms with E-state index in [-0.39, 0.29) is 11.7 Å². The third kappa shape index (κ3) is 3.54. The van der Waals surface area contributed by atoms with Crippen LogP contribution in [0, 0.1) is 19.3 Å². The number of aromatic hydroxyl groups is 1. The van der Waals surface area contributed by atoms with Gasteiger partial charge in [0.15, 0.2) is 0 Å². The minimum Gasteiger partial charge on any atom is -0.508 e. The Balaban J connectivity index is 1.01. The first-order chi connectivity index (χ1) is 15.9. The molecule has 5 nitrogen and oxygen atoms in total. The first-order valence-corrected chi connectivity index (χ1v) is 12.3. The molecule has 3 aromatic rings. The normalized spacial score (nSPS) is 21.3. The molecule has 1 aliphatic carbocycles. The van der Waals surface area contributed by atoms with Crippen LogP contribution in [0.25, 0.3) is 10.9 Å². The van der Waals surface area contributed by atoms with E-state index in [1.807, 2.05) is 24.0 Å². The molecule has 2 saturated heterocycles. The number of fused-ring (bicyclic) bond motifs is 1. The van der Waals surface area contributed by atoms with Gasteiger partial charge < -0.3 is 19.9 Å². The summed E-state index contributed by atoms with van der Waals surface area (Å²) in [5.74, 6) is 0.897. The SMILES string of the molecule is Cc1ccc2[nH]cc(C3CCN(C4CC5(C4)CN(C(=O)c4ccc(C)c(O)c4)C5)CC3)c2c1. The summed E-state index contributed by atoms with van der Waals surface area (Å²) < 4.78 is 0. The summed E-state index contributed by atoms with van der Waals surface area (Å²) in [6.45, 7) is 8.10. The number of hydrogen-bond donors (Lipinski definition) is 2. The van der Waals surface area contributed by atoms with Crippen LogP contribution in [0.4, 0.5) is 0 Å². The number of benzene rings is 2. The highest BCUT2D eigenvalue weighted by atomic mass is 16.3. The van der Waals surface area contributed by atoms with E-state index in [1.54, 1.807) is 6.07 Å². The number of likely N-dealkylation sites (tertiary alicyclic amines) is 2. The fraction of sp³-hybridized carbons (Fsp3) is 0.464. The fourth-order valence-electron chi connectivity index (χ4n) is 6.46. The molecule has 33 heavy (non-hydrogen) atoms. The number of phenolic OH excluding ortho intramolecular Hbond substituents is 1. The van der Waals surface area contributed by atoms with E-state index in [4.69, 9.17) is 0 Å². The topological polar surface area (TPSA) is 59.6 Å². The van der Waals surface area contributed by atoms with Crippen molar-refractivity contribution in [3.8, 4) is 5.75 Å². The summed E-state index contributed by atoms with van der Waals surface area (Å²) in [6, 6.07) is 12.6. The average molecular weight is 444 g/mol. The van der Waals surface area contributed by atoms with Crippen molar-refractivity contribution in [1.82, 2.24) is 14.8 Å². The van der Waals surface area contributed by atoms with Crippen molar-refractivity contribution < 1.29 is 9.90 Å². The van der Waals surface area contributed by atoms with Crippen LogP contribution in [0.2, 0.25) is 0 Å². The van der Waals surface area contributed by atoms with Gasteiger partial charge in [-0.15, -0.1) is 0 Å². The molecule has 2 aromatic carbocycles. The Kier molecular flexibility index (Phi) is 4.80. The maximum Gasteiger partial charge on any atom is 0.254 e. The number of phenols is 1. The number of amides is 1. The molecule has 3 heterocycles. The van der Waals surface area contributed by atoms with Crippen molar-refractivity contribution in [2.45, 2.75) is 51.5 Å². The van der Waals surface area contributed by atoms with Gasteiger partial charge >= 0.3 is 0 Å². The fourth-order valence-corrected chi connectivity index (χ4v) is 6.46. The second-order valence-electron chi connectivity index (χ2n) is 10.8. The number of piperidine rings is 1. The van der Waals surface area contributed by atoms with Crippen LogP contribution in [0.5, 0.6) is 5.75 Å². The van der Waals surface area contributed by atoms with Crippen LogP contribution in [0.1, 0.15) is 58.6 Å². The quantitative estimate of drug-likeness (QED) is 0.601. The lowest BCUT2D eigenvalue weighted by Gasteiger charge is -2.61. The predicted octanol–water partition coefficient (Wildman–Crippen LogP) is 4.97. The van der Waals surface area contributed by atoms with Crippen LogP contribution in [-0.2, 0) is 0 Å². The van der Waals surface area contributed by atoms with E-state index in [1.165, 1.54) is 60.8 Å². The number of aromatic amines is 1. The lowest BCUT2D eigenvalue weighted by molar-refractivity contribution is -0.0966. The monoisotopic (exact) mass is 443 g/mol. The molecule has 1 aromatic heterocycles. The summed E-state index contributed by atoms with van der Waals surface area (Å²) >= 11 is 0. The van der Waals surface area contributed by atoms with Crippen molar-refractivity contribution in [3.63, 3.8) is 0 Å². The number of nitrogens with one attached hydrogen (secondary N) is 1. The van der Waals surface area contributed by atoms with Crippen molar-refractivity contribution in [3.05, 3.63) is 64.8 Å². The third-order valence-corrected chi connectivity index (χ3v) is 8.49. The highest BCUT2D eigenvalue weighted by molar-refractivity contribution is 5.95. The zero-order chi connectivity index (χ0) is 22.7. The molecule has 3 fully saturated rings. The molecule has 5 heteroatoms. The molecule has 1 spiro atoms. The van der Waals surface area contributed by atoms with Gasteiger partial charge in [0.1, 0.15) is 5.75 Å². The lowest BCUT2D eigenvalue weighted by Crippen LogP contribution is -2.67. The second-order valence-corrected chi connectivity index (χ2v) is 10.8. The summed E-state index contributed by atoms with van der Waals surface area (Å²) in [7, 11) is 0. The van der Waals surface area contributed by atoms with Gasteiger partial charge in [0.25, 0.3) is 5.91 Å². The van der Waals surface area contributed by atoms with Gasteiger partial charge in [0.05, 0.1) is 0 Å². The number of carbonyl (C=O) groups excluding carboxylic acids is 1. The predicted molar refractivity (Wildman–Crippen MR) is 131 cm³/mol. The van der Waals surface area contributed by atoms with Crippen LogP contribution >= 0.6 is 0 Å². The van der Waals surface area contributed by atoms with E-state index in [9.17, 15) is 9.90 Å². The van der Waals surface area contributed by atoms with Crippen LogP contribution in [0.3, 0.4) is 0 Å². The van der Waals surface area contributed by atoms with Crippen molar-refractivity contribution in [2.75, 3.05) is 26.2 Å². The molecule has 0 radical (unpaired) electrons. The van der Waals surface area contributed by atoms with Gasteiger partial charge in [-0.2, -0.15) is 0 Å². The number of nitrogens with zero attached hydrogens (tertiary/aromatic N) is 2. The summed E-state index contributed by atoms with van der Waals surface area (Å²) in [4.78, 5) is 20.9. The van der Waals surface area contributed by atoms with E-state index in [0.717, 1.165) is 18.7 Å². The maximum absolute atomic E-state index is 12.8. The largest absolute Gasteiger partial charge is 0.508 e. The van der Waals surface area contributed by atoms with Crippen molar-refractivity contribution >= 4 is 16.8 Å². The number of hydrogen-bond acceptors (Lipinski definition) is 3. The zero-order valence-corrected chi connectivity index (χ0v) is 19.6. The Labute approximate surface area is 195 Å². The van der Waals surface area contributed by atoms with Gasteiger partial charge in [-0.1, -0.05) is 17.7 Å². The summed E-state index contributed by atoms with van der Waals surface area (Å²) in [6.07, 6.45) is 7.12. The number of rotatable bonds is 3. The molecule has 2 aliphatic heterocycles. The smallest absolute Gasteiger partial charge is 0.254 e. The Morgan fingerprint density at radius 2 is 1.82 bits per heavy atom. The third-order valence-electron chi connectivity index (χ3n) is 8.49. The molecule has 3 aliphatic rings. The van der Waals surface area contributed by atoms with Gasteiger partial charge in [0.2, 0.25) is 0 Å². The average Bonchev–Trinajstić information content (AvgIpc) is 3.17. The van der Waals surface area contributed by atoms with Gasteiger partial charge in [-0.25, -0.2) is 0 Å². The summed E-state index contributed by atoms with van der Waals surface area (Å²) in [5.41, 5.74) is 5.80. The Morgan fingerprint density at radius 1 is 1.06 bits per heavy atom. The molecular formula is C28H33N3O2. The second kappa shape index (κ2) is 7.63. The minimum atomic E-state index is 0.0501. The van der Waals surface area contributed by atoms with Gasteiger partial charge in [0, 0.05) is 47.2 Å². The molecular weight excluding hydrogens is 410 g/mol. The standard InChI is InChI=1S/C28H33N3O2/c1-18-3-6-25-23(11-18)24(15-29-25)20-7-9-30(10-8-20)22-13-28(14-22)16-31(17-28)27(33)21-5-4-19(2)26(32)12-21/h3-6,11-12,15,20,22,29,32H,7-10,13-14,16-17H2,1-2H3. The number of aryl methyl sites for hydroxylation is 2. The van der Waals surface area contributed by atoms with Crippen LogP contribution < -0.4 is 0 Å². The molecule has 0 unspecified atom stereocenters. The van der Waals surface area contributed by atoms with Crippen LogP contribution in [0.15, 0.2) is 42.6 Å². The van der Waals surface area contributed by atoms with E-state index in [2.05, 4.69) is 41.2 Å². The maximum atomic E-state index is 12.8. The Hall–Kier alpha value is -2.79. The molecule has 2 N–H and O–H groups in total. The lowest BCUT2D eigenvalue weighted by atomic mass is 9.60. The number of H-pyrrole nitrogens is 1. The molecule has 1 amide bonds. The first-order valence-electron chi connectivity index (χ1n) is 12.3. The van der Waals surface area contributed by atoms with Crippen molar-refractivity contribution in [1.29, 1.82) is 0 Å². The molecule has 1 saturated carbocycles. The van der Waals surface area contributed by atoms with Crippen LogP contribution in [-0.4, -0.2) is 58.0 Å². The minimum absolute atomic E-state index is 0.0501. The first kappa shape index (κ1) is 20.8. The highest BCUT2D eigenvalue weighted by Crippen LogP contribution is 2.51. The number of carbonyl (C=O) groups is 1. The van der Waals surface area contributed by atoms with E-state index < -0.39 is 0 Å². The Bertz CT molecular complexity index is 1210. The van der Waals surface area contributed by atoms with Gasteiger partial charge in [-0.05, 0) is 93.9 Å². The van der Waals surface area contributed by atoms with E-state index >= 15 is 0 Å². The number of aromatic nitrogens is 1. The molecule has 172 valence electrons. The molecule has 0 bridgehead atoms. The summed E-state index contributed by atoms with van der Waals surface area (Å²) in [5, 5.41) is 11.3. The molecule has 0 atom stereocenters. The van der Waals surface area contributed by atoms with Crippen molar-refractivity contribution in [2.24, 2.45) is 5.41 Å². The zero-order valence-electron chi connectivity index (χ0n) is 19.6. The molecule has 6 rings (SSSR count). The Morgan fingerprint density at radius 3 is 2.55 bits per heavy atom. The van der Waals surface area contributed by atoms with Gasteiger partial charge in [-0.3, -0.25) is 4.79 Å². The highest BCUT2D eigenvalue weighted by Gasteiger charge is 2.55. The van der Waals surface area contributed by atoms with E-state index in [0.29, 0.717) is 22.9 Å².